The number of benzene rings is 1. The number of imidazole rings is 1. The largest absolute Gasteiger partial charge is 0.393 e. The number of anilines is 3. The second kappa shape index (κ2) is 8.55. The van der Waals surface area contributed by atoms with E-state index in [-0.39, 0.29) is 48.6 Å². The summed E-state index contributed by atoms with van der Waals surface area (Å²) in [4.78, 5) is 13.0. The third-order valence-electron chi connectivity index (χ3n) is 5.35. The van der Waals surface area contributed by atoms with Crippen LogP contribution in [-0.2, 0) is 4.74 Å². The van der Waals surface area contributed by atoms with Gasteiger partial charge in [0.25, 0.3) is 0 Å². The Morgan fingerprint density at radius 1 is 1.16 bits per heavy atom. The van der Waals surface area contributed by atoms with Crippen molar-refractivity contribution < 1.29 is 28.5 Å². The molecule has 1 aliphatic heterocycles. The average molecular weight is 452 g/mol. The van der Waals surface area contributed by atoms with E-state index in [0.29, 0.717) is 25.2 Å². The molecule has 3 N–H and O–H groups in total. The van der Waals surface area contributed by atoms with Gasteiger partial charge in [0, 0.05) is 27.5 Å². The number of aliphatic hydroxyl groups is 1. The third kappa shape index (κ3) is 4.09. The van der Waals surface area contributed by atoms with E-state index in [2.05, 4.69) is 25.6 Å². The van der Waals surface area contributed by atoms with Crippen LogP contribution in [0.5, 0.6) is 0 Å². The van der Waals surface area contributed by atoms with Gasteiger partial charge in [0.2, 0.25) is 11.9 Å². The van der Waals surface area contributed by atoms with E-state index in [1.165, 1.54) is 6.20 Å². The fourth-order valence-electron chi connectivity index (χ4n) is 3.77. The van der Waals surface area contributed by atoms with Crippen molar-refractivity contribution in [1.29, 1.82) is 0 Å². The van der Waals surface area contributed by atoms with Gasteiger partial charge in [-0.05, 0) is 32.1 Å². The summed E-state index contributed by atoms with van der Waals surface area (Å²) >= 11 is 0. The first-order valence-electron chi connectivity index (χ1n) is 12.2. The maximum absolute atomic E-state index is 14.3. The van der Waals surface area contributed by atoms with E-state index >= 15 is 0 Å². The zero-order valence-corrected chi connectivity index (χ0v) is 16.8. The van der Waals surface area contributed by atoms with Crippen molar-refractivity contribution in [2.75, 3.05) is 23.8 Å². The number of hydrogen-bond acceptors (Lipinski definition) is 7. The minimum absolute atomic E-state index is 0.0157. The fourth-order valence-corrected chi connectivity index (χ4v) is 3.77. The molecule has 0 amide bonds. The minimum atomic E-state index is -2.29. The van der Waals surface area contributed by atoms with Gasteiger partial charge in [-0.25, -0.2) is 23.1 Å². The fraction of sp³-hybridized carbons (Fsp3) is 0.476. The summed E-state index contributed by atoms with van der Waals surface area (Å²) in [5, 5.41) is 15.4. The van der Waals surface area contributed by atoms with Crippen LogP contribution in [0.25, 0.3) is 11.2 Å². The summed E-state index contributed by atoms with van der Waals surface area (Å²) in [5.41, 5.74) is -0.0381. The van der Waals surface area contributed by atoms with Crippen LogP contribution in [0, 0.1) is 17.5 Å². The Balaban J connectivity index is 1.52. The predicted octanol–water partition coefficient (Wildman–Crippen LogP) is 3.66. The zero-order chi connectivity index (χ0) is 25.8. The highest BCUT2D eigenvalue weighted by atomic mass is 19.1. The van der Waals surface area contributed by atoms with Gasteiger partial charge in [0.05, 0.1) is 27.7 Å². The van der Waals surface area contributed by atoms with Crippen LogP contribution in [0.2, 0.25) is 0 Å². The second-order valence-corrected chi connectivity index (χ2v) is 7.56. The van der Waals surface area contributed by atoms with Crippen molar-refractivity contribution in [3.63, 3.8) is 0 Å². The minimum Gasteiger partial charge on any atom is -0.393 e. The third-order valence-corrected chi connectivity index (χ3v) is 5.35. The van der Waals surface area contributed by atoms with Crippen molar-refractivity contribution >= 4 is 28.7 Å². The summed E-state index contributed by atoms with van der Waals surface area (Å²) in [7, 11) is 0. The van der Waals surface area contributed by atoms with Crippen LogP contribution < -0.4 is 10.6 Å². The van der Waals surface area contributed by atoms with Gasteiger partial charge >= 0.3 is 0 Å². The number of halogens is 3. The number of rotatable bonds is 5. The Morgan fingerprint density at radius 3 is 2.59 bits per heavy atom. The van der Waals surface area contributed by atoms with E-state index in [9.17, 15) is 18.3 Å². The first-order valence-corrected chi connectivity index (χ1v) is 10.1. The predicted molar refractivity (Wildman–Crippen MR) is 111 cm³/mol. The quantitative estimate of drug-likeness (QED) is 0.544. The first kappa shape index (κ1) is 16.7. The van der Waals surface area contributed by atoms with Gasteiger partial charge < -0.3 is 20.5 Å². The van der Waals surface area contributed by atoms with Crippen LogP contribution in [-0.4, -0.2) is 49.9 Å². The highest BCUT2D eigenvalue weighted by Crippen LogP contribution is 2.32. The van der Waals surface area contributed by atoms with E-state index in [4.69, 9.17) is 10.2 Å². The number of nitrogens with one attached hydrogen (secondary N) is 2. The lowest BCUT2D eigenvalue weighted by molar-refractivity contribution is 0.126. The molecule has 3 unspecified atom stereocenters. The summed E-state index contributed by atoms with van der Waals surface area (Å²) in [6.07, 6.45) is -3.63. The molecule has 32 heavy (non-hydrogen) atoms. The average Bonchev–Trinajstić information content (AvgIpc) is 3.42. The summed E-state index contributed by atoms with van der Waals surface area (Å²) in [5.74, 6) is -3.32. The molecule has 0 spiro atoms. The monoisotopic (exact) mass is 452 g/mol. The van der Waals surface area contributed by atoms with Gasteiger partial charge in [-0.2, -0.15) is 4.98 Å². The molecule has 5 rings (SSSR count). The Bertz CT molecular complexity index is 1270. The Hall–Kier alpha value is -2.92. The van der Waals surface area contributed by atoms with Crippen LogP contribution >= 0.6 is 0 Å². The van der Waals surface area contributed by atoms with Crippen LogP contribution in [0.1, 0.15) is 43.6 Å². The summed E-state index contributed by atoms with van der Waals surface area (Å²) < 4.78 is 81.5. The maximum Gasteiger partial charge on any atom is 0.224 e. The molecule has 3 aromatic rings. The van der Waals surface area contributed by atoms with Gasteiger partial charge in [0.15, 0.2) is 17.3 Å². The standard InChI is InChI=1S/C21H23F3N6O2/c22-11-7-15(23)18(16(24)8-11)28-21-27-17-9-25-20(26-12-1-3-14(31)4-2-12)29-19(17)30(21)13-5-6-32-10-13/h7-9,12-14,31H,1-6,10H2,(H,27,28)(H,25,26,29)/i3D,4D,12D,14D. The molecule has 0 radical (unpaired) electrons. The maximum atomic E-state index is 14.3. The number of ether oxygens (including phenoxy) is 1. The first-order chi connectivity index (χ1) is 17.0. The molecule has 2 aliphatic rings. The molecule has 1 saturated carbocycles. The molecule has 1 saturated heterocycles. The molecule has 3 atom stereocenters. The van der Waals surface area contributed by atoms with Crippen molar-refractivity contribution in [1.82, 2.24) is 19.5 Å². The lowest BCUT2D eigenvalue weighted by Crippen LogP contribution is -2.29. The molecule has 0 bridgehead atoms. The Kier molecular flexibility index (Phi) is 4.45. The molecule has 2 fully saturated rings. The van der Waals surface area contributed by atoms with Crippen LogP contribution in [0.4, 0.5) is 30.8 Å². The number of nitrogens with zero attached hydrogens (tertiary/aromatic N) is 4. The van der Waals surface area contributed by atoms with E-state index in [0.717, 1.165) is 0 Å². The van der Waals surface area contributed by atoms with Crippen molar-refractivity contribution in [3.8, 4) is 0 Å². The smallest absolute Gasteiger partial charge is 0.224 e. The molecular weight excluding hydrogens is 425 g/mol. The molecule has 11 heteroatoms. The Morgan fingerprint density at radius 2 is 1.91 bits per heavy atom. The van der Waals surface area contributed by atoms with Gasteiger partial charge in [0.1, 0.15) is 17.0 Å². The van der Waals surface area contributed by atoms with Gasteiger partial charge in [-0.3, -0.25) is 4.57 Å². The Labute approximate surface area is 187 Å². The van der Waals surface area contributed by atoms with E-state index < -0.39 is 48.0 Å². The molecule has 170 valence electrons. The van der Waals surface area contributed by atoms with E-state index in [1.807, 2.05) is 0 Å². The molecule has 3 heterocycles. The highest BCUT2D eigenvalue weighted by Gasteiger charge is 2.27. The summed E-state index contributed by atoms with van der Waals surface area (Å²) in [6.45, 7) is 0.730. The molecule has 1 aromatic carbocycles. The molecule has 8 nitrogen and oxygen atoms in total. The normalized spacial score (nSPS) is 34.6. The van der Waals surface area contributed by atoms with Crippen molar-refractivity contribution in [3.05, 3.63) is 35.8 Å². The van der Waals surface area contributed by atoms with Crippen molar-refractivity contribution in [2.45, 2.75) is 50.2 Å². The SMILES string of the molecule is [2H]C1CC([2H])(Nc2ncc3nc(Nc4c(F)cc(F)cc4F)n(C4CCOC4)c3n2)CC([2H])C1([2H])O. The molecular formula is C21H23F3N6O2. The zero-order valence-electron chi connectivity index (χ0n) is 20.8. The van der Waals surface area contributed by atoms with Gasteiger partial charge in [-0.15, -0.1) is 0 Å². The van der Waals surface area contributed by atoms with E-state index in [1.54, 1.807) is 4.57 Å². The lowest BCUT2D eigenvalue weighted by atomic mass is 9.93. The molecule has 2 aromatic heterocycles. The number of fused-ring (bicyclic) bond motifs is 1. The van der Waals surface area contributed by atoms with Crippen LogP contribution in [0.3, 0.4) is 0 Å². The highest BCUT2D eigenvalue weighted by molar-refractivity contribution is 5.76. The number of hydrogen-bond donors (Lipinski definition) is 3. The summed E-state index contributed by atoms with van der Waals surface area (Å²) in [6, 6.07) is -0.774. The molecule has 1 aliphatic carbocycles. The van der Waals surface area contributed by atoms with Crippen molar-refractivity contribution in [2.24, 2.45) is 0 Å². The lowest BCUT2D eigenvalue weighted by Gasteiger charge is -2.26. The van der Waals surface area contributed by atoms with Crippen LogP contribution in [0.15, 0.2) is 18.3 Å². The number of aromatic nitrogens is 4. The topological polar surface area (TPSA) is 97.1 Å². The second-order valence-electron chi connectivity index (χ2n) is 7.56. The van der Waals surface area contributed by atoms with Gasteiger partial charge in [-0.1, -0.05) is 0 Å².